The van der Waals surface area contributed by atoms with E-state index in [2.05, 4.69) is 46.0 Å². The van der Waals surface area contributed by atoms with E-state index < -0.39 is 5.97 Å². The van der Waals surface area contributed by atoms with Crippen LogP contribution < -0.4 is 4.90 Å². The van der Waals surface area contributed by atoms with Gasteiger partial charge in [0.15, 0.2) is 0 Å². The number of hydrogen-bond donors (Lipinski definition) is 0. The molecule has 0 bridgehead atoms. The summed E-state index contributed by atoms with van der Waals surface area (Å²) in [5.74, 6) is 0.0648. The van der Waals surface area contributed by atoms with Crippen molar-refractivity contribution in [2.45, 2.75) is 0 Å². The van der Waals surface area contributed by atoms with E-state index in [0.717, 1.165) is 33.8 Å². The number of nitriles is 1. The number of carbonyl (C=O) groups excluding carboxylic acids is 1. The maximum atomic E-state index is 11.7. The van der Waals surface area contributed by atoms with Crippen molar-refractivity contribution >= 4 is 40.1 Å². The van der Waals surface area contributed by atoms with Gasteiger partial charge in [-0.15, -0.1) is 0 Å². The number of fused-ring (bicyclic) bond motifs is 1. The van der Waals surface area contributed by atoms with Crippen molar-refractivity contribution in [3.05, 3.63) is 120 Å². The van der Waals surface area contributed by atoms with Crippen LogP contribution in [0.15, 0.2) is 119 Å². The van der Waals surface area contributed by atoms with Crippen LogP contribution in [0.5, 0.6) is 0 Å². The van der Waals surface area contributed by atoms with Gasteiger partial charge in [0.25, 0.3) is 0 Å². The molecule has 0 fully saturated rings. The SMILES string of the molecule is COC(=O)/C(C#N)=C\c1ccc2cc(-c3ccc(N(c4ccccc4)c4ccccc4)cc3)oc2c1. The second-order valence-electron chi connectivity index (χ2n) is 8.12. The number of furan rings is 1. The minimum absolute atomic E-state index is 0.0689. The molecule has 5 heteroatoms. The van der Waals surface area contributed by atoms with Gasteiger partial charge in [0.2, 0.25) is 0 Å². The lowest BCUT2D eigenvalue weighted by molar-refractivity contribution is -0.135. The van der Waals surface area contributed by atoms with E-state index in [1.54, 1.807) is 6.07 Å². The number of nitrogens with zero attached hydrogens (tertiary/aromatic N) is 2. The van der Waals surface area contributed by atoms with Crippen molar-refractivity contribution in [2.75, 3.05) is 12.0 Å². The molecule has 5 rings (SSSR count). The molecule has 0 aliphatic rings. The molecule has 174 valence electrons. The molecule has 0 aliphatic heterocycles. The van der Waals surface area contributed by atoms with Crippen LogP contribution in [0.4, 0.5) is 17.1 Å². The number of carbonyl (C=O) groups is 1. The first-order valence-electron chi connectivity index (χ1n) is 11.4. The zero-order valence-electron chi connectivity index (χ0n) is 19.6. The number of rotatable bonds is 6. The second kappa shape index (κ2) is 10.0. The van der Waals surface area contributed by atoms with Gasteiger partial charge < -0.3 is 14.1 Å². The Labute approximate surface area is 209 Å². The second-order valence-corrected chi connectivity index (χ2v) is 8.12. The maximum absolute atomic E-state index is 11.7. The Morgan fingerprint density at radius 2 is 1.44 bits per heavy atom. The number of hydrogen-bond acceptors (Lipinski definition) is 5. The predicted octanol–water partition coefficient (Wildman–Crippen LogP) is 7.65. The molecule has 0 atom stereocenters. The molecule has 0 saturated carbocycles. The van der Waals surface area contributed by atoms with E-state index in [-0.39, 0.29) is 5.57 Å². The number of benzene rings is 4. The third kappa shape index (κ3) is 4.61. The van der Waals surface area contributed by atoms with Crippen molar-refractivity contribution < 1.29 is 13.9 Å². The Morgan fingerprint density at radius 3 is 2.03 bits per heavy atom. The van der Waals surface area contributed by atoms with E-state index in [1.807, 2.05) is 72.8 Å². The summed E-state index contributed by atoms with van der Waals surface area (Å²) in [6.07, 6.45) is 1.49. The summed E-state index contributed by atoms with van der Waals surface area (Å²) >= 11 is 0. The van der Waals surface area contributed by atoms with E-state index in [9.17, 15) is 10.1 Å². The molecule has 0 unspecified atom stereocenters. The van der Waals surface area contributed by atoms with E-state index >= 15 is 0 Å². The molecule has 0 N–H and O–H groups in total. The van der Waals surface area contributed by atoms with Gasteiger partial charge in [-0.3, -0.25) is 0 Å². The smallest absolute Gasteiger partial charge is 0.348 e. The van der Waals surface area contributed by atoms with Crippen molar-refractivity contribution in [1.29, 1.82) is 5.26 Å². The topological polar surface area (TPSA) is 66.5 Å². The standard InChI is InChI=1S/C31H22N2O3/c1-35-31(34)25(21-32)18-22-12-13-24-20-30(36-29(24)19-22)23-14-16-28(17-15-23)33(26-8-4-2-5-9-26)27-10-6-3-7-11-27/h2-20H,1H3/b25-18-. The highest BCUT2D eigenvalue weighted by atomic mass is 16.5. The van der Waals surface area contributed by atoms with E-state index in [1.165, 1.54) is 13.2 Å². The Balaban J connectivity index is 1.47. The predicted molar refractivity (Wildman–Crippen MR) is 142 cm³/mol. The van der Waals surface area contributed by atoms with Crippen molar-refractivity contribution in [1.82, 2.24) is 0 Å². The van der Waals surface area contributed by atoms with Crippen LogP contribution in [-0.4, -0.2) is 13.1 Å². The van der Waals surface area contributed by atoms with Gasteiger partial charge in [-0.2, -0.15) is 5.26 Å². The number of esters is 1. The van der Waals surface area contributed by atoms with Gasteiger partial charge in [0, 0.05) is 28.0 Å². The summed E-state index contributed by atoms with van der Waals surface area (Å²) in [4.78, 5) is 13.9. The van der Waals surface area contributed by atoms with Crippen LogP contribution in [0.2, 0.25) is 0 Å². The lowest BCUT2D eigenvalue weighted by Gasteiger charge is -2.25. The van der Waals surface area contributed by atoms with Gasteiger partial charge in [-0.1, -0.05) is 48.5 Å². The fraction of sp³-hybridized carbons (Fsp3) is 0.0323. The van der Waals surface area contributed by atoms with Crippen molar-refractivity contribution in [3.8, 4) is 17.4 Å². The maximum Gasteiger partial charge on any atom is 0.348 e. The van der Waals surface area contributed by atoms with Gasteiger partial charge in [0.1, 0.15) is 23.0 Å². The quantitative estimate of drug-likeness (QED) is 0.145. The average molecular weight is 471 g/mol. The van der Waals surface area contributed by atoms with Crippen LogP contribution in [0, 0.1) is 11.3 Å². The summed E-state index contributed by atoms with van der Waals surface area (Å²) < 4.78 is 10.8. The molecule has 0 aliphatic carbocycles. The monoisotopic (exact) mass is 470 g/mol. The number of ether oxygens (including phenoxy) is 1. The molecule has 0 saturated heterocycles. The summed E-state index contributed by atoms with van der Waals surface area (Å²) in [7, 11) is 1.25. The minimum atomic E-state index is -0.669. The molecule has 0 radical (unpaired) electrons. The molecule has 0 spiro atoms. The minimum Gasteiger partial charge on any atom is -0.465 e. The van der Waals surface area contributed by atoms with Crippen LogP contribution >= 0.6 is 0 Å². The Hall–Kier alpha value is -5.08. The van der Waals surface area contributed by atoms with Gasteiger partial charge in [0.05, 0.1) is 7.11 Å². The normalized spacial score (nSPS) is 11.2. The molecule has 4 aromatic carbocycles. The van der Waals surface area contributed by atoms with Crippen LogP contribution in [0.3, 0.4) is 0 Å². The third-order valence-corrected chi connectivity index (χ3v) is 5.82. The molecule has 5 nitrogen and oxygen atoms in total. The zero-order chi connectivity index (χ0) is 24.9. The molecule has 5 aromatic rings. The number of para-hydroxylation sites is 2. The highest BCUT2D eigenvalue weighted by Crippen LogP contribution is 2.36. The lowest BCUT2D eigenvalue weighted by Crippen LogP contribution is -2.09. The Bertz CT molecular complexity index is 1540. The van der Waals surface area contributed by atoms with Gasteiger partial charge in [-0.25, -0.2) is 4.79 Å². The molecular formula is C31H22N2O3. The highest BCUT2D eigenvalue weighted by molar-refractivity contribution is 5.98. The molecule has 36 heavy (non-hydrogen) atoms. The van der Waals surface area contributed by atoms with Crippen molar-refractivity contribution in [3.63, 3.8) is 0 Å². The molecule has 0 amide bonds. The number of anilines is 3. The fourth-order valence-corrected chi connectivity index (χ4v) is 4.07. The Morgan fingerprint density at radius 1 is 0.833 bits per heavy atom. The number of methoxy groups -OCH3 is 1. The first-order valence-corrected chi connectivity index (χ1v) is 11.4. The van der Waals surface area contributed by atoms with Crippen LogP contribution in [0.1, 0.15) is 5.56 Å². The average Bonchev–Trinajstić information content (AvgIpc) is 3.36. The third-order valence-electron chi connectivity index (χ3n) is 5.82. The summed E-state index contributed by atoms with van der Waals surface area (Å²) in [6.45, 7) is 0. The first-order chi connectivity index (χ1) is 17.7. The highest BCUT2D eigenvalue weighted by Gasteiger charge is 2.14. The largest absolute Gasteiger partial charge is 0.465 e. The molecular weight excluding hydrogens is 448 g/mol. The fourth-order valence-electron chi connectivity index (χ4n) is 4.07. The molecule has 1 heterocycles. The van der Waals surface area contributed by atoms with Gasteiger partial charge >= 0.3 is 5.97 Å². The Kier molecular flexibility index (Phi) is 6.33. The summed E-state index contributed by atoms with van der Waals surface area (Å²) in [6, 6.07) is 38.1. The first kappa shape index (κ1) is 22.7. The summed E-state index contributed by atoms with van der Waals surface area (Å²) in [5, 5.41) is 10.1. The van der Waals surface area contributed by atoms with Crippen LogP contribution in [-0.2, 0) is 9.53 Å². The lowest BCUT2D eigenvalue weighted by atomic mass is 10.1. The molecule has 1 aromatic heterocycles. The zero-order valence-corrected chi connectivity index (χ0v) is 19.6. The summed E-state index contributed by atoms with van der Waals surface area (Å²) in [5.41, 5.74) is 5.41. The van der Waals surface area contributed by atoms with Gasteiger partial charge in [-0.05, 0) is 72.3 Å². The van der Waals surface area contributed by atoms with E-state index in [4.69, 9.17) is 4.42 Å². The van der Waals surface area contributed by atoms with Crippen LogP contribution in [0.25, 0.3) is 28.4 Å². The van der Waals surface area contributed by atoms with Crippen molar-refractivity contribution in [2.24, 2.45) is 0 Å². The van der Waals surface area contributed by atoms with E-state index in [0.29, 0.717) is 11.1 Å².